The van der Waals surface area contributed by atoms with Crippen LogP contribution < -0.4 is 5.32 Å². The van der Waals surface area contributed by atoms with Gasteiger partial charge in [-0.2, -0.15) is 0 Å². The first-order valence-electron chi connectivity index (χ1n) is 5.44. The fourth-order valence-corrected chi connectivity index (χ4v) is 2.92. The summed E-state index contributed by atoms with van der Waals surface area (Å²) in [6, 6.07) is 1.98. The molecule has 86 valence electrons. The van der Waals surface area contributed by atoms with Gasteiger partial charge in [0.15, 0.2) is 0 Å². The van der Waals surface area contributed by atoms with E-state index in [4.69, 9.17) is 4.42 Å². The molecular formula is C12H16N2OS. The van der Waals surface area contributed by atoms with Gasteiger partial charge in [-0.25, -0.2) is 4.98 Å². The lowest BCUT2D eigenvalue weighted by molar-refractivity contribution is 0.535. The molecule has 0 saturated heterocycles. The standard InChI is InChI=1S/C12H16N2OS/c1-4-10-11(7-13-3)16-12(14-10)9-5-6-15-8(9)2/h5-6,13H,4,7H2,1-3H3. The van der Waals surface area contributed by atoms with Crippen LogP contribution in [0.5, 0.6) is 0 Å². The molecule has 0 radical (unpaired) electrons. The maximum absolute atomic E-state index is 5.31. The molecule has 4 heteroatoms. The van der Waals surface area contributed by atoms with Crippen molar-refractivity contribution in [1.82, 2.24) is 10.3 Å². The number of rotatable bonds is 4. The highest BCUT2D eigenvalue weighted by atomic mass is 32.1. The van der Waals surface area contributed by atoms with Gasteiger partial charge >= 0.3 is 0 Å². The van der Waals surface area contributed by atoms with Gasteiger partial charge in [-0.15, -0.1) is 11.3 Å². The van der Waals surface area contributed by atoms with Gasteiger partial charge in [0.1, 0.15) is 10.8 Å². The van der Waals surface area contributed by atoms with Crippen LogP contribution in [0.25, 0.3) is 10.6 Å². The van der Waals surface area contributed by atoms with E-state index in [0.717, 1.165) is 29.3 Å². The van der Waals surface area contributed by atoms with Crippen LogP contribution in [0.2, 0.25) is 0 Å². The van der Waals surface area contributed by atoms with E-state index in [1.807, 2.05) is 20.0 Å². The Morgan fingerprint density at radius 1 is 1.50 bits per heavy atom. The maximum Gasteiger partial charge on any atom is 0.127 e. The minimum Gasteiger partial charge on any atom is -0.469 e. The topological polar surface area (TPSA) is 38.1 Å². The van der Waals surface area contributed by atoms with Crippen molar-refractivity contribution < 1.29 is 4.42 Å². The fourth-order valence-electron chi connectivity index (χ4n) is 1.68. The van der Waals surface area contributed by atoms with E-state index in [0.29, 0.717) is 0 Å². The van der Waals surface area contributed by atoms with Crippen LogP contribution in [-0.4, -0.2) is 12.0 Å². The molecule has 0 unspecified atom stereocenters. The van der Waals surface area contributed by atoms with Gasteiger partial charge in [-0.05, 0) is 26.5 Å². The lowest BCUT2D eigenvalue weighted by Crippen LogP contribution is -2.05. The summed E-state index contributed by atoms with van der Waals surface area (Å²) in [5.41, 5.74) is 2.30. The first-order chi connectivity index (χ1) is 7.76. The third kappa shape index (κ3) is 2.03. The Balaban J connectivity index is 2.39. The summed E-state index contributed by atoms with van der Waals surface area (Å²) < 4.78 is 5.31. The quantitative estimate of drug-likeness (QED) is 0.886. The highest BCUT2D eigenvalue weighted by Crippen LogP contribution is 2.31. The van der Waals surface area contributed by atoms with E-state index < -0.39 is 0 Å². The summed E-state index contributed by atoms with van der Waals surface area (Å²) in [6.45, 7) is 5.00. The van der Waals surface area contributed by atoms with Crippen molar-refractivity contribution in [3.63, 3.8) is 0 Å². The van der Waals surface area contributed by atoms with Crippen molar-refractivity contribution in [3.05, 3.63) is 28.7 Å². The lowest BCUT2D eigenvalue weighted by atomic mass is 10.2. The Kier molecular flexibility index (Phi) is 3.41. The Morgan fingerprint density at radius 2 is 2.31 bits per heavy atom. The third-order valence-corrected chi connectivity index (χ3v) is 3.67. The number of nitrogens with one attached hydrogen (secondary N) is 1. The Hall–Kier alpha value is -1.13. The summed E-state index contributed by atoms with van der Waals surface area (Å²) in [5.74, 6) is 0.937. The van der Waals surface area contributed by atoms with Gasteiger partial charge in [0.25, 0.3) is 0 Å². The largest absolute Gasteiger partial charge is 0.469 e. The normalized spacial score (nSPS) is 10.9. The van der Waals surface area contributed by atoms with Crippen LogP contribution in [0.1, 0.15) is 23.3 Å². The van der Waals surface area contributed by atoms with Gasteiger partial charge < -0.3 is 9.73 Å². The van der Waals surface area contributed by atoms with Gasteiger partial charge in [0.05, 0.1) is 17.5 Å². The van der Waals surface area contributed by atoms with Crippen LogP contribution in [-0.2, 0) is 13.0 Å². The van der Waals surface area contributed by atoms with E-state index in [1.165, 1.54) is 10.6 Å². The summed E-state index contributed by atoms with van der Waals surface area (Å²) in [7, 11) is 1.96. The predicted octanol–water partition coefficient (Wildman–Crippen LogP) is 2.99. The van der Waals surface area contributed by atoms with Gasteiger partial charge in [-0.1, -0.05) is 6.92 Å². The Morgan fingerprint density at radius 3 is 2.88 bits per heavy atom. The van der Waals surface area contributed by atoms with Crippen molar-refractivity contribution in [2.75, 3.05) is 7.05 Å². The number of aryl methyl sites for hydroxylation is 2. The van der Waals surface area contributed by atoms with Crippen molar-refractivity contribution >= 4 is 11.3 Å². The van der Waals surface area contributed by atoms with Crippen molar-refractivity contribution in [2.24, 2.45) is 0 Å². The molecule has 0 saturated carbocycles. The van der Waals surface area contributed by atoms with Crippen LogP contribution >= 0.6 is 11.3 Å². The predicted molar refractivity (Wildman–Crippen MR) is 66.7 cm³/mol. The number of hydrogen-bond acceptors (Lipinski definition) is 4. The van der Waals surface area contributed by atoms with Gasteiger partial charge in [-0.3, -0.25) is 0 Å². The van der Waals surface area contributed by atoms with Gasteiger partial charge in [0, 0.05) is 11.4 Å². The SMILES string of the molecule is CCc1nc(-c2ccoc2C)sc1CNC. The summed E-state index contributed by atoms with van der Waals surface area (Å²) in [6.07, 6.45) is 2.69. The molecule has 0 spiro atoms. The van der Waals surface area contributed by atoms with E-state index in [-0.39, 0.29) is 0 Å². The number of nitrogens with zero attached hydrogens (tertiary/aromatic N) is 1. The molecule has 2 heterocycles. The second-order valence-electron chi connectivity index (χ2n) is 3.66. The smallest absolute Gasteiger partial charge is 0.127 e. The molecule has 1 N–H and O–H groups in total. The number of thiazole rings is 1. The van der Waals surface area contributed by atoms with Crippen molar-refractivity contribution in [3.8, 4) is 10.6 Å². The minimum atomic E-state index is 0.887. The first-order valence-corrected chi connectivity index (χ1v) is 6.25. The highest BCUT2D eigenvalue weighted by Gasteiger charge is 2.13. The molecule has 0 aliphatic rings. The Bertz CT molecular complexity index is 473. The molecule has 0 atom stereocenters. The second kappa shape index (κ2) is 4.80. The number of aromatic nitrogens is 1. The molecule has 3 nitrogen and oxygen atoms in total. The molecule has 0 aromatic carbocycles. The third-order valence-electron chi connectivity index (χ3n) is 2.54. The summed E-state index contributed by atoms with van der Waals surface area (Å²) in [5, 5.41) is 4.24. The number of hydrogen-bond donors (Lipinski definition) is 1. The van der Waals surface area contributed by atoms with Crippen molar-refractivity contribution in [2.45, 2.75) is 26.8 Å². The molecule has 0 amide bonds. The minimum absolute atomic E-state index is 0.887. The zero-order chi connectivity index (χ0) is 11.5. The molecule has 0 bridgehead atoms. The lowest BCUT2D eigenvalue weighted by Gasteiger charge is -1.96. The van der Waals surface area contributed by atoms with Crippen LogP contribution in [0.15, 0.2) is 16.7 Å². The van der Waals surface area contributed by atoms with Crippen LogP contribution in [0.4, 0.5) is 0 Å². The molecular weight excluding hydrogens is 220 g/mol. The average Bonchev–Trinajstić information content (AvgIpc) is 2.85. The zero-order valence-corrected chi connectivity index (χ0v) is 10.6. The highest BCUT2D eigenvalue weighted by molar-refractivity contribution is 7.15. The van der Waals surface area contributed by atoms with Crippen LogP contribution in [0.3, 0.4) is 0 Å². The van der Waals surface area contributed by atoms with Gasteiger partial charge in [0.2, 0.25) is 0 Å². The molecule has 16 heavy (non-hydrogen) atoms. The average molecular weight is 236 g/mol. The molecule has 2 rings (SSSR count). The molecule has 2 aromatic rings. The van der Waals surface area contributed by atoms with Crippen molar-refractivity contribution in [1.29, 1.82) is 0 Å². The molecule has 0 aliphatic carbocycles. The molecule has 0 aliphatic heterocycles. The summed E-state index contributed by atoms with van der Waals surface area (Å²) in [4.78, 5) is 5.99. The van der Waals surface area contributed by atoms with E-state index in [2.05, 4.69) is 17.2 Å². The second-order valence-corrected chi connectivity index (χ2v) is 4.75. The van der Waals surface area contributed by atoms with E-state index in [1.54, 1.807) is 17.6 Å². The molecule has 2 aromatic heterocycles. The maximum atomic E-state index is 5.31. The monoisotopic (exact) mass is 236 g/mol. The van der Waals surface area contributed by atoms with E-state index >= 15 is 0 Å². The molecule has 0 fully saturated rings. The summed E-state index contributed by atoms with van der Waals surface area (Å²) >= 11 is 1.75. The first kappa shape index (κ1) is 11.4. The van der Waals surface area contributed by atoms with E-state index in [9.17, 15) is 0 Å². The van der Waals surface area contributed by atoms with Crippen LogP contribution in [0, 0.1) is 6.92 Å². The number of furan rings is 1. The fraction of sp³-hybridized carbons (Fsp3) is 0.417. The zero-order valence-electron chi connectivity index (χ0n) is 9.83. The Labute approximate surface area is 99.5 Å².